The van der Waals surface area contributed by atoms with Crippen molar-refractivity contribution >= 4 is 40.8 Å². The number of amides is 1. The van der Waals surface area contributed by atoms with E-state index in [9.17, 15) is 4.79 Å². The van der Waals surface area contributed by atoms with Gasteiger partial charge in [0, 0.05) is 5.75 Å². The van der Waals surface area contributed by atoms with Crippen LogP contribution in [-0.2, 0) is 17.0 Å². The van der Waals surface area contributed by atoms with Gasteiger partial charge in [0.2, 0.25) is 5.91 Å². The van der Waals surface area contributed by atoms with Crippen molar-refractivity contribution in [3.8, 4) is 0 Å². The lowest BCUT2D eigenvalue weighted by molar-refractivity contribution is -0.120. The van der Waals surface area contributed by atoms with Crippen molar-refractivity contribution < 1.29 is 4.79 Å². The van der Waals surface area contributed by atoms with Crippen LogP contribution in [-0.4, -0.2) is 22.4 Å². The van der Waals surface area contributed by atoms with Gasteiger partial charge in [-0.25, -0.2) is 5.84 Å². The number of benzene rings is 1. The lowest BCUT2D eigenvalue weighted by atomic mass is 10.1. The van der Waals surface area contributed by atoms with E-state index in [1.54, 1.807) is 34.9 Å². The Bertz CT molecular complexity index is 588. The van der Waals surface area contributed by atoms with E-state index < -0.39 is 0 Å². The summed E-state index contributed by atoms with van der Waals surface area (Å²) in [4.78, 5) is 11.4. The van der Waals surface area contributed by atoms with E-state index in [1.165, 1.54) is 0 Å². The third-order valence-electron chi connectivity index (χ3n) is 2.54. The minimum Gasteiger partial charge on any atom is -0.294 e. The molecule has 2 rings (SSSR count). The fourth-order valence-electron chi connectivity index (χ4n) is 1.57. The van der Waals surface area contributed by atoms with Crippen molar-refractivity contribution in [3.63, 3.8) is 0 Å². The molecule has 0 fully saturated rings. The van der Waals surface area contributed by atoms with E-state index in [2.05, 4.69) is 15.6 Å². The van der Waals surface area contributed by atoms with E-state index in [-0.39, 0.29) is 5.91 Å². The zero-order chi connectivity index (χ0) is 14.4. The molecule has 3 N–H and O–H groups in total. The fourth-order valence-corrected chi connectivity index (χ4v) is 4.04. The van der Waals surface area contributed by atoms with Gasteiger partial charge in [0.25, 0.3) is 0 Å². The summed E-state index contributed by atoms with van der Waals surface area (Å²) >= 11 is 4.80. The Morgan fingerprint density at radius 3 is 2.65 bits per heavy atom. The van der Waals surface area contributed by atoms with Crippen molar-refractivity contribution in [2.75, 3.05) is 6.26 Å². The zero-order valence-corrected chi connectivity index (χ0v) is 13.3. The summed E-state index contributed by atoms with van der Waals surface area (Å²) in [6.07, 6.45) is 2.27. The van der Waals surface area contributed by atoms with Crippen molar-refractivity contribution in [2.24, 2.45) is 5.84 Å². The summed E-state index contributed by atoms with van der Waals surface area (Å²) in [5.74, 6) is 5.70. The van der Waals surface area contributed by atoms with Gasteiger partial charge in [-0.2, -0.15) is 0 Å². The van der Waals surface area contributed by atoms with Gasteiger partial charge in [0.15, 0.2) is 8.68 Å². The van der Waals surface area contributed by atoms with Crippen LogP contribution in [0.15, 0.2) is 32.9 Å². The smallest absolute Gasteiger partial charge is 0.238 e. The predicted molar refractivity (Wildman–Crippen MR) is 83.7 cm³/mol. The van der Waals surface area contributed by atoms with E-state index in [4.69, 9.17) is 5.84 Å². The van der Waals surface area contributed by atoms with Crippen molar-refractivity contribution in [3.05, 3.63) is 35.4 Å². The van der Waals surface area contributed by atoms with Crippen LogP contribution in [0.1, 0.15) is 11.1 Å². The number of thioether (sulfide) groups is 2. The second-order valence-electron chi connectivity index (χ2n) is 3.84. The number of aromatic nitrogens is 2. The predicted octanol–water partition coefficient (Wildman–Crippen LogP) is 2.08. The SMILES string of the molecule is CSc1nnc(SCc2ccccc2CC(=O)NN)s1. The first-order valence-electron chi connectivity index (χ1n) is 5.79. The van der Waals surface area contributed by atoms with E-state index in [0.717, 1.165) is 25.6 Å². The number of nitrogens with zero attached hydrogens (tertiary/aromatic N) is 2. The molecule has 0 saturated carbocycles. The molecule has 0 unspecified atom stereocenters. The number of carbonyl (C=O) groups excluding carboxylic acids is 1. The van der Waals surface area contributed by atoms with Gasteiger partial charge in [0.05, 0.1) is 6.42 Å². The highest BCUT2D eigenvalue weighted by Gasteiger charge is 2.09. The molecule has 0 bridgehead atoms. The van der Waals surface area contributed by atoms with Crippen molar-refractivity contribution in [1.29, 1.82) is 0 Å². The highest BCUT2D eigenvalue weighted by Crippen LogP contribution is 2.30. The molecule has 0 aliphatic carbocycles. The zero-order valence-electron chi connectivity index (χ0n) is 10.8. The Morgan fingerprint density at radius 1 is 1.30 bits per heavy atom. The first kappa shape index (κ1) is 15.3. The Kier molecular flexibility index (Phi) is 5.84. The number of hydrogen-bond acceptors (Lipinski definition) is 7. The van der Waals surface area contributed by atoms with Crippen LogP contribution in [0.4, 0.5) is 0 Å². The van der Waals surface area contributed by atoms with Gasteiger partial charge >= 0.3 is 0 Å². The second-order valence-corrected chi connectivity index (χ2v) is 7.09. The summed E-state index contributed by atoms with van der Waals surface area (Å²) < 4.78 is 1.90. The minimum absolute atomic E-state index is 0.192. The lowest BCUT2D eigenvalue weighted by Crippen LogP contribution is -2.31. The molecule has 0 spiro atoms. The van der Waals surface area contributed by atoms with Crippen LogP contribution >= 0.6 is 34.9 Å². The molecule has 0 atom stereocenters. The molecule has 1 aromatic carbocycles. The maximum Gasteiger partial charge on any atom is 0.238 e. The molecule has 5 nitrogen and oxygen atoms in total. The number of hydrazine groups is 1. The average Bonchev–Trinajstić information content (AvgIpc) is 2.94. The van der Waals surface area contributed by atoms with Crippen molar-refractivity contribution in [1.82, 2.24) is 15.6 Å². The molecule has 0 saturated heterocycles. The van der Waals surface area contributed by atoms with E-state index in [1.807, 2.05) is 30.5 Å². The standard InChI is InChI=1S/C12H14N4OS3/c1-18-11-15-16-12(20-11)19-7-9-5-3-2-4-8(9)6-10(17)14-13/h2-5H,6-7,13H2,1H3,(H,14,17). The van der Waals surface area contributed by atoms with Gasteiger partial charge in [-0.15, -0.1) is 10.2 Å². The number of carbonyl (C=O) groups is 1. The number of hydrogen-bond donors (Lipinski definition) is 2. The fraction of sp³-hybridized carbons (Fsp3) is 0.250. The maximum atomic E-state index is 11.4. The summed E-state index contributed by atoms with van der Waals surface area (Å²) in [6, 6.07) is 7.85. The van der Waals surface area contributed by atoms with Crippen LogP contribution in [0.3, 0.4) is 0 Å². The molecule has 1 aromatic heterocycles. The Morgan fingerprint density at radius 2 is 2.00 bits per heavy atom. The van der Waals surface area contributed by atoms with Crippen LogP contribution < -0.4 is 11.3 Å². The quantitative estimate of drug-likeness (QED) is 0.366. The molecule has 1 amide bonds. The molecule has 8 heteroatoms. The highest BCUT2D eigenvalue weighted by atomic mass is 32.2. The molecule has 0 aliphatic rings. The Balaban J connectivity index is 2.03. The average molecular weight is 326 g/mol. The number of nitrogens with one attached hydrogen (secondary N) is 1. The third kappa shape index (κ3) is 4.20. The molecular formula is C12H14N4OS3. The number of rotatable bonds is 6. The van der Waals surface area contributed by atoms with E-state index in [0.29, 0.717) is 6.42 Å². The summed E-state index contributed by atoms with van der Waals surface area (Å²) in [5.41, 5.74) is 4.25. The van der Waals surface area contributed by atoms with Crippen LogP contribution in [0.25, 0.3) is 0 Å². The maximum absolute atomic E-state index is 11.4. The van der Waals surface area contributed by atoms with Gasteiger partial charge in [-0.3, -0.25) is 10.2 Å². The molecule has 1 heterocycles. The first-order chi connectivity index (χ1) is 9.72. The van der Waals surface area contributed by atoms with Gasteiger partial charge in [-0.1, -0.05) is 59.1 Å². The first-order valence-corrected chi connectivity index (χ1v) is 8.82. The van der Waals surface area contributed by atoms with Gasteiger partial charge < -0.3 is 0 Å². The van der Waals surface area contributed by atoms with Crippen LogP contribution in [0, 0.1) is 0 Å². The summed E-state index contributed by atoms with van der Waals surface area (Å²) in [6.45, 7) is 0. The summed E-state index contributed by atoms with van der Waals surface area (Å²) in [7, 11) is 0. The summed E-state index contributed by atoms with van der Waals surface area (Å²) in [5, 5.41) is 8.18. The highest BCUT2D eigenvalue weighted by molar-refractivity contribution is 8.02. The largest absolute Gasteiger partial charge is 0.294 e. The Hall–Kier alpha value is -1.09. The molecule has 0 radical (unpaired) electrons. The van der Waals surface area contributed by atoms with Crippen LogP contribution in [0.5, 0.6) is 0 Å². The molecular weight excluding hydrogens is 312 g/mol. The third-order valence-corrected chi connectivity index (χ3v) is 5.62. The molecule has 106 valence electrons. The Labute approximate surface area is 129 Å². The van der Waals surface area contributed by atoms with Crippen molar-refractivity contribution in [2.45, 2.75) is 20.9 Å². The second kappa shape index (κ2) is 7.63. The normalized spacial score (nSPS) is 10.5. The number of nitrogens with two attached hydrogens (primary N) is 1. The lowest BCUT2D eigenvalue weighted by Gasteiger charge is -2.07. The monoisotopic (exact) mass is 326 g/mol. The van der Waals surface area contributed by atoms with Crippen LogP contribution in [0.2, 0.25) is 0 Å². The molecule has 2 aromatic rings. The van der Waals surface area contributed by atoms with Gasteiger partial charge in [-0.05, 0) is 17.4 Å². The van der Waals surface area contributed by atoms with Gasteiger partial charge in [0.1, 0.15) is 0 Å². The molecule has 20 heavy (non-hydrogen) atoms. The van der Waals surface area contributed by atoms with E-state index >= 15 is 0 Å². The molecule has 0 aliphatic heterocycles. The minimum atomic E-state index is -0.192. The topological polar surface area (TPSA) is 80.9 Å².